The van der Waals surface area contributed by atoms with Crippen molar-refractivity contribution in [3.63, 3.8) is 0 Å². The maximum absolute atomic E-state index is 12.8. The lowest BCUT2D eigenvalue weighted by atomic mass is 9.54. The quantitative estimate of drug-likeness (QED) is 0.803. The Morgan fingerprint density at radius 3 is 2.67 bits per heavy atom. The van der Waals surface area contributed by atoms with Crippen molar-refractivity contribution in [3.05, 3.63) is 42.0 Å². The van der Waals surface area contributed by atoms with Gasteiger partial charge in [0.15, 0.2) is 0 Å². The van der Waals surface area contributed by atoms with Crippen molar-refractivity contribution in [1.29, 1.82) is 0 Å². The van der Waals surface area contributed by atoms with E-state index in [1.54, 1.807) is 29.2 Å². The maximum Gasteiger partial charge on any atom is 0.330 e. The molecule has 1 fully saturated rings. The SMILES string of the molecule is CCOC1CC(NC(=O)c2ccc(-n3cncn3)c(C)c2)(C(=O)O)C1(C)C. The first kappa shape index (κ1) is 19.0. The molecule has 1 aliphatic carbocycles. The summed E-state index contributed by atoms with van der Waals surface area (Å²) in [4.78, 5) is 28.8. The molecule has 0 aliphatic heterocycles. The van der Waals surface area contributed by atoms with Gasteiger partial charge in [0.25, 0.3) is 5.91 Å². The largest absolute Gasteiger partial charge is 0.479 e. The van der Waals surface area contributed by atoms with E-state index >= 15 is 0 Å². The molecule has 2 N–H and O–H groups in total. The number of hydrogen-bond acceptors (Lipinski definition) is 5. The number of amides is 1. The summed E-state index contributed by atoms with van der Waals surface area (Å²) in [6.45, 7) is 7.85. The minimum Gasteiger partial charge on any atom is -0.479 e. The van der Waals surface area contributed by atoms with E-state index in [9.17, 15) is 14.7 Å². The predicted octanol–water partition coefficient (Wildman–Crippen LogP) is 1.96. The molecule has 1 heterocycles. The first-order chi connectivity index (χ1) is 12.7. The van der Waals surface area contributed by atoms with Crippen LogP contribution in [0.15, 0.2) is 30.9 Å². The number of carbonyl (C=O) groups excluding carboxylic acids is 1. The molecule has 2 atom stereocenters. The highest BCUT2D eigenvalue weighted by molar-refractivity contribution is 5.99. The summed E-state index contributed by atoms with van der Waals surface area (Å²) in [5, 5.41) is 16.7. The van der Waals surface area contributed by atoms with E-state index in [1.807, 2.05) is 27.7 Å². The summed E-state index contributed by atoms with van der Waals surface area (Å²) in [5.74, 6) is -1.47. The number of nitrogens with zero attached hydrogens (tertiary/aromatic N) is 3. The van der Waals surface area contributed by atoms with Crippen molar-refractivity contribution in [2.45, 2.75) is 45.8 Å². The number of aliphatic carboxylic acids is 1. The highest BCUT2D eigenvalue weighted by Gasteiger charge is 2.66. The molecular weight excluding hydrogens is 348 g/mol. The first-order valence-electron chi connectivity index (χ1n) is 8.86. The number of carboxylic acid groups (broad SMARTS) is 1. The van der Waals surface area contributed by atoms with Gasteiger partial charge in [-0.1, -0.05) is 13.8 Å². The average molecular weight is 372 g/mol. The Labute approximate surface area is 157 Å². The molecule has 8 nitrogen and oxygen atoms in total. The lowest BCUT2D eigenvalue weighted by molar-refractivity contribution is -0.190. The Morgan fingerprint density at radius 2 is 2.15 bits per heavy atom. The molecule has 8 heteroatoms. The molecule has 3 rings (SSSR count). The van der Waals surface area contributed by atoms with Gasteiger partial charge >= 0.3 is 5.97 Å². The number of carboxylic acids is 1. The fourth-order valence-corrected chi connectivity index (χ4v) is 3.69. The van der Waals surface area contributed by atoms with Crippen molar-refractivity contribution in [3.8, 4) is 5.69 Å². The van der Waals surface area contributed by atoms with Crippen molar-refractivity contribution in [2.75, 3.05) is 6.61 Å². The average Bonchev–Trinajstić information content (AvgIpc) is 3.14. The number of benzene rings is 1. The molecule has 0 saturated heterocycles. The standard InChI is InChI=1S/C19H24N4O4/c1-5-27-15-9-19(17(25)26,18(15,3)4)22-16(24)13-6-7-14(12(2)8-13)23-11-20-10-21-23/h6-8,10-11,15H,5,9H2,1-4H3,(H,22,24)(H,25,26). The van der Waals surface area contributed by atoms with Gasteiger partial charge in [0, 0.05) is 24.0 Å². The van der Waals surface area contributed by atoms with Crippen LogP contribution in [0.2, 0.25) is 0 Å². The Hall–Kier alpha value is -2.74. The third-order valence-corrected chi connectivity index (χ3v) is 5.58. The minimum atomic E-state index is -1.36. The van der Waals surface area contributed by atoms with Gasteiger partial charge in [-0.15, -0.1) is 0 Å². The van der Waals surface area contributed by atoms with Crippen LogP contribution in [0.4, 0.5) is 0 Å². The Kier molecular flexibility index (Phi) is 4.77. The molecule has 1 aromatic carbocycles. The summed E-state index contributed by atoms with van der Waals surface area (Å²) in [6, 6.07) is 5.13. The van der Waals surface area contributed by atoms with E-state index in [1.165, 1.54) is 6.33 Å². The van der Waals surface area contributed by atoms with Crippen molar-refractivity contribution >= 4 is 11.9 Å². The summed E-state index contributed by atoms with van der Waals surface area (Å²) in [7, 11) is 0. The Balaban J connectivity index is 1.84. The number of nitrogens with one attached hydrogen (secondary N) is 1. The lowest BCUT2D eigenvalue weighted by Gasteiger charge is -2.58. The lowest BCUT2D eigenvalue weighted by Crippen LogP contribution is -2.76. The number of rotatable bonds is 6. The summed E-state index contributed by atoms with van der Waals surface area (Å²) >= 11 is 0. The predicted molar refractivity (Wildman–Crippen MR) is 97.7 cm³/mol. The highest BCUT2D eigenvalue weighted by Crippen LogP contribution is 2.51. The van der Waals surface area contributed by atoms with Crippen LogP contribution in [0.25, 0.3) is 5.69 Å². The van der Waals surface area contributed by atoms with Gasteiger partial charge in [-0.25, -0.2) is 14.5 Å². The van der Waals surface area contributed by atoms with Crippen LogP contribution in [-0.2, 0) is 9.53 Å². The van der Waals surface area contributed by atoms with Crippen LogP contribution in [0.5, 0.6) is 0 Å². The number of aromatic nitrogens is 3. The van der Waals surface area contributed by atoms with Crippen LogP contribution >= 0.6 is 0 Å². The molecule has 1 aromatic heterocycles. The third-order valence-electron chi connectivity index (χ3n) is 5.58. The summed E-state index contributed by atoms with van der Waals surface area (Å²) < 4.78 is 7.24. The molecule has 1 aliphatic rings. The first-order valence-corrected chi connectivity index (χ1v) is 8.86. The molecular formula is C19H24N4O4. The van der Waals surface area contributed by atoms with Crippen LogP contribution < -0.4 is 5.32 Å². The number of aryl methyl sites for hydroxylation is 1. The monoisotopic (exact) mass is 372 g/mol. The Bertz CT molecular complexity index is 863. The molecule has 2 aromatic rings. The van der Waals surface area contributed by atoms with Gasteiger partial charge in [0.05, 0.1) is 11.8 Å². The smallest absolute Gasteiger partial charge is 0.330 e. The second-order valence-corrected chi connectivity index (χ2v) is 7.38. The Morgan fingerprint density at radius 1 is 1.41 bits per heavy atom. The van der Waals surface area contributed by atoms with E-state index in [2.05, 4.69) is 15.4 Å². The van der Waals surface area contributed by atoms with E-state index in [4.69, 9.17) is 4.74 Å². The molecule has 0 bridgehead atoms. The van der Waals surface area contributed by atoms with Crippen molar-refractivity contribution in [1.82, 2.24) is 20.1 Å². The molecule has 2 unspecified atom stereocenters. The van der Waals surface area contributed by atoms with Gasteiger partial charge in [-0.3, -0.25) is 4.79 Å². The molecule has 144 valence electrons. The van der Waals surface area contributed by atoms with Crippen LogP contribution in [0.3, 0.4) is 0 Å². The van der Waals surface area contributed by atoms with Gasteiger partial charge < -0.3 is 15.2 Å². The van der Waals surface area contributed by atoms with E-state index in [-0.39, 0.29) is 12.5 Å². The molecule has 0 spiro atoms. The number of ether oxygens (including phenoxy) is 1. The van der Waals surface area contributed by atoms with Gasteiger partial charge in [0.2, 0.25) is 0 Å². The van der Waals surface area contributed by atoms with Gasteiger partial charge in [-0.2, -0.15) is 5.10 Å². The minimum absolute atomic E-state index is 0.213. The van der Waals surface area contributed by atoms with Crippen LogP contribution in [0.1, 0.15) is 43.1 Å². The zero-order valence-electron chi connectivity index (χ0n) is 15.9. The van der Waals surface area contributed by atoms with Crippen molar-refractivity contribution < 1.29 is 19.4 Å². The van der Waals surface area contributed by atoms with Gasteiger partial charge in [0.1, 0.15) is 18.2 Å². The van der Waals surface area contributed by atoms with E-state index in [0.717, 1.165) is 11.3 Å². The fourth-order valence-electron chi connectivity index (χ4n) is 3.69. The topological polar surface area (TPSA) is 106 Å². The molecule has 1 saturated carbocycles. The van der Waals surface area contributed by atoms with E-state index in [0.29, 0.717) is 12.2 Å². The zero-order valence-corrected chi connectivity index (χ0v) is 15.9. The third kappa shape index (κ3) is 2.99. The van der Waals surface area contributed by atoms with Gasteiger partial charge in [-0.05, 0) is 37.6 Å². The van der Waals surface area contributed by atoms with Crippen LogP contribution in [-0.4, -0.2) is 50.0 Å². The zero-order chi connectivity index (χ0) is 19.8. The number of carbonyl (C=O) groups is 2. The van der Waals surface area contributed by atoms with Crippen molar-refractivity contribution in [2.24, 2.45) is 5.41 Å². The fraction of sp³-hybridized carbons (Fsp3) is 0.474. The second-order valence-electron chi connectivity index (χ2n) is 7.38. The summed E-state index contributed by atoms with van der Waals surface area (Å²) in [6.07, 6.45) is 3.04. The van der Waals surface area contributed by atoms with Crippen LogP contribution in [0, 0.1) is 12.3 Å². The highest BCUT2D eigenvalue weighted by atomic mass is 16.5. The molecule has 27 heavy (non-hydrogen) atoms. The molecule has 0 radical (unpaired) electrons. The molecule has 1 amide bonds. The summed E-state index contributed by atoms with van der Waals surface area (Å²) in [5.41, 5.74) is -0.0505. The van der Waals surface area contributed by atoms with E-state index < -0.39 is 22.8 Å². The normalized spacial score (nSPS) is 23.5. The maximum atomic E-state index is 12.8. The second kappa shape index (κ2) is 6.77. The number of hydrogen-bond donors (Lipinski definition) is 2.